The molecular weight excluding hydrogens is 404 g/mol. The van der Waals surface area contributed by atoms with E-state index >= 15 is 0 Å². The topological polar surface area (TPSA) is 108 Å². The van der Waals surface area contributed by atoms with Gasteiger partial charge in [0.25, 0.3) is 5.91 Å². The minimum absolute atomic E-state index is 0.0807. The number of fused-ring (bicyclic) bond motifs is 1. The number of Topliss-reactive ketones (excluding diaryl/α,β-unsaturated/α-hetero) is 1. The van der Waals surface area contributed by atoms with Crippen LogP contribution in [0.5, 0.6) is 5.75 Å². The molecule has 1 aromatic carbocycles. The number of esters is 1. The number of hydrogen-bond acceptors (Lipinski definition) is 7. The van der Waals surface area contributed by atoms with Gasteiger partial charge in [0.1, 0.15) is 10.8 Å². The molecule has 160 valence electrons. The van der Waals surface area contributed by atoms with E-state index in [9.17, 15) is 14.4 Å². The van der Waals surface area contributed by atoms with Gasteiger partial charge in [-0.25, -0.2) is 0 Å². The summed E-state index contributed by atoms with van der Waals surface area (Å²) in [6.45, 7) is 2.42. The third kappa shape index (κ3) is 5.38. The first-order valence-corrected chi connectivity index (χ1v) is 10.9. The molecule has 1 aliphatic rings. The molecule has 1 amide bonds. The highest BCUT2D eigenvalue weighted by Gasteiger charge is 2.23. The number of aryl methyl sites for hydroxylation is 1. The summed E-state index contributed by atoms with van der Waals surface area (Å²) in [5.41, 5.74) is 7.62. The van der Waals surface area contributed by atoms with Crippen LogP contribution in [0.4, 0.5) is 5.00 Å². The van der Waals surface area contributed by atoms with Gasteiger partial charge in [-0.1, -0.05) is 0 Å². The Kier molecular flexibility index (Phi) is 7.46. The highest BCUT2D eigenvalue weighted by atomic mass is 32.1. The quantitative estimate of drug-likeness (QED) is 0.442. The Labute approximate surface area is 179 Å². The van der Waals surface area contributed by atoms with Crippen LogP contribution in [0.25, 0.3) is 0 Å². The summed E-state index contributed by atoms with van der Waals surface area (Å²) in [4.78, 5) is 37.2. The summed E-state index contributed by atoms with van der Waals surface area (Å²) >= 11 is 1.53. The van der Waals surface area contributed by atoms with Crippen molar-refractivity contribution in [2.24, 2.45) is 5.73 Å². The average molecular weight is 431 g/mol. The van der Waals surface area contributed by atoms with Crippen LogP contribution in [-0.4, -0.2) is 37.4 Å². The number of carbonyl (C=O) groups excluding carboxylic acids is 3. The van der Waals surface area contributed by atoms with E-state index in [0.717, 1.165) is 31.2 Å². The minimum atomic E-state index is -0.483. The number of amides is 1. The van der Waals surface area contributed by atoms with Crippen LogP contribution in [0.2, 0.25) is 0 Å². The standard InChI is InChI=1S/C22H26N2O5S/c1-2-28-15-9-7-14(8-10-15)17(25)13-29-19(26)11-12-24-22-20(21(23)27)16-5-3-4-6-18(16)30-22/h7-10,24H,2-6,11-13H2,1H3,(H2,23,27). The third-order valence-corrected chi connectivity index (χ3v) is 6.13. The minimum Gasteiger partial charge on any atom is -0.494 e. The van der Waals surface area contributed by atoms with Gasteiger partial charge >= 0.3 is 5.97 Å². The van der Waals surface area contributed by atoms with E-state index in [2.05, 4.69) is 5.32 Å². The summed E-state index contributed by atoms with van der Waals surface area (Å²) in [6, 6.07) is 6.71. The van der Waals surface area contributed by atoms with Crippen molar-refractivity contribution in [3.63, 3.8) is 0 Å². The first kappa shape index (κ1) is 21.8. The van der Waals surface area contributed by atoms with Crippen molar-refractivity contribution in [1.82, 2.24) is 0 Å². The molecule has 1 aliphatic carbocycles. The van der Waals surface area contributed by atoms with Crippen molar-refractivity contribution in [3.8, 4) is 5.75 Å². The van der Waals surface area contributed by atoms with Crippen molar-refractivity contribution in [3.05, 3.63) is 45.8 Å². The van der Waals surface area contributed by atoms with E-state index in [1.165, 1.54) is 16.2 Å². The number of thiophene rings is 1. The lowest BCUT2D eigenvalue weighted by Gasteiger charge is -2.11. The van der Waals surface area contributed by atoms with Gasteiger partial charge in [0.05, 0.1) is 18.6 Å². The molecule has 0 radical (unpaired) electrons. The van der Waals surface area contributed by atoms with Crippen LogP contribution >= 0.6 is 11.3 Å². The Morgan fingerprint density at radius 2 is 1.87 bits per heavy atom. The Morgan fingerprint density at radius 1 is 1.13 bits per heavy atom. The highest BCUT2D eigenvalue weighted by molar-refractivity contribution is 7.16. The van der Waals surface area contributed by atoms with E-state index in [1.54, 1.807) is 24.3 Å². The van der Waals surface area contributed by atoms with Crippen molar-refractivity contribution in [2.75, 3.05) is 25.1 Å². The number of ether oxygens (including phenoxy) is 2. The van der Waals surface area contributed by atoms with Crippen LogP contribution < -0.4 is 15.8 Å². The Balaban J connectivity index is 1.47. The van der Waals surface area contributed by atoms with Crippen molar-refractivity contribution in [1.29, 1.82) is 0 Å². The van der Waals surface area contributed by atoms with Crippen molar-refractivity contribution in [2.45, 2.75) is 39.0 Å². The van der Waals surface area contributed by atoms with E-state index < -0.39 is 11.9 Å². The molecule has 0 bridgehead atoms. The molecule has 0 atom stereocenters. The lowest BCUT2D eigenvalue weighted by atomic mass is 9.95. The second-order valence-electron chi connectivity index (χ2n) is 7.00. The molecule has 30 heavy (non-hydrogen) atoms. The molecule has 0 saturated carbocycles. The Hall–Kier alpha value is -2.87. The largest absolute Gasteiger partial charge is 0.494 e. The van der Waals surface area contributed by atoms with Gasteiger partial charge in [-0.2, -0.15) is 0 Å². The SMILES string of the molecule is CCOc1ccc(C(=O)COC(=O)CCNc2sc3c(c2C(N)=O)CCCC3)cc1. The first-order chi connectivity index (χ1) is 14.5. The molecule has 0 saturated heterocycles. The van der Waals surface area contributed by atoms with Gasteiger partial charge in [-0.15, -0.1) is 11.3 Å². The second kappa shape index (κ2) is 10.2. The lowest BCUT2D eigenvalue weighted by Crippen LogP contribution is -2.18. The fourth-order valence-electron chi connectivity index (χ4n) is 3.43. The van der Waals surface area contributed by atoms with Gasteiger partial charge in [-0.05, 0) is 62.4 Å². The van der Waals surface area contributed by atoms with Gasteiger partial charge in [0.2, 0.25) is 0 Å². The molecule has 0 unspecified atom stereocenters. The van der Waals surface area contributed by atoms with Gasteiger partial charge < -0.3 is 20.5 Å². The molecule has 3 rings (SSSR count). The number of nitrogens with one attached hydrogen (secondary N) is 1. The number of anilines is 1. The van der Waals surface area contributed by atoms with E-state index in [0.29, 0.717) is 35.0 Å². The summed E-state index contributed by atoms with van der Waals surface area (Å²) in [7, 11) is 0. The van der Waals surface area contributed by atoms with Crippen LogP contribution in [0.1, 0.15) is 57.3 Å². The number of nitrogens with two attached hydrogens (primary N) is 1. The van der Waals surface area contributed by atoms with Crippen LogP contribution in [0.15, 0.2) is 24.3 Å². The number of primary amides is 1. The Bertz CT molecular complexity index is 920. The predicted octanol–water partition coefficient (Wildman–Crippen LogP) is 3.35. The molecule has 3 N–H and O–H groups in total. The molecule has 1 aromatic heterocycles. The van der Waals surface area contributed by atoms with Crippen LogP contribution in [0, 0.1) is 0 Å². The van der Waals surface area contributed by atoms with Gasteiger partial charge in [0, 0.05) is 17.0 Å². The summed E-state index contributed by atoms with van der Waals surface area (Å²) in [5.74, 6) is -0.520. The molecule has 7 nitrogen and oxygen atoms in total. The zero-order chi connectivity index (χ0) is 21.5. The molecule has 1 heterocycles. The van der Waals surface area contributed by atoms with Crippen LogP contribution in [0.3, 0.4) is 0 Å². The highest BCUT2D eigenvalue weighted by Crippen LogP contribution is 2.37. The molecule has 2 aromatic rings. The summed E-state index contributed by atoms with van der Waals surface area (Å²) in [5, 5.41) is 3.85. The molecule has 0 aliphatic heterocycles. The second-order valence-corrected chi connectivity index (χ2v) is 8.10. The maximum atomic E-state index is 12.2. The van der Waals surface area contributed by atoms with Crippen molar-refractivity contribution >= 4 is 34.0 Å². The maximum absolute atomic E-state index is 12.2. The van der Waals surface area contributed by atoms with Gasteiger partial charge in [-0.3, -0.25) is 14.4 Å². The van der Waals surface area contributed by atoms with Gasteiger partial charge in [0.15, 0.2) is 12.4 Å². The number of rotatable bonds is 10. The monoisotopic (exact) mass is 430 g/mol. The summed E-state index contributed by atoms with van der Waals surface area (Å²) < 4.78 is 10.4. The zero-order valence-electron chi connectivity index (χ0n) is 17.0. The number of hydrogen-bond donors (Lipinski definition) is 2. The Morgan fingerprint density at radius 3 is 2.57 bits per heavy atom. The normalized spacial score (nSPS) is 12.7. The van der Waals surface area contributed by atoms with Crippen LogP contribution in [-0.2, 0) is 22.4 Å². The summed E-state index contributed by atoms with van der Waals surface area (Å²) in [6.07, 6.45) is 4.06. The molecule has 8 heteroatoms. The molecule has 0 fully saturated rings. The number of ketones is 1. The zero-order valence-corrected chi connectivity index (χ0v) is 17.8. The lowest BCUT2D eigenvalue weighted by molar-refractivity contribution is -0.142. The average Bonchev–Trinajstić information content (AvgIpc) is 3.11. The van der Waals surface area contributed by atoms with E-state index in [-0.39, 0.29) is 18.8 Å². The van der Waals surface area contributed by atoms with E-state index in [1.807, 2.05) is 6.92 Å². The number of carbonyl (C=O) groups is 3. The fourth-order valence-corrected chi connectivity index (χ4v) is 4.75. The first-order valence-electron chi connectivity index (χ1n) is 10.1. The molecule has 0 spiro atoms. The van der Waals surface area contributed by atoms with Crippen molar-refractivity contribution < 1.29 is 23.9 Å². The smallest absolute Gasteiger partial charge is 0.308 e. The third-order valence-electron chi connectivity index (χ3n) is 4.88. The fraction of sp³-hybridized carbons (Fsp3) is 0.409. The maximum Gasteiger partial charge on any atom is 0.308 e. The predicted molar refractivity (Wildman–Crippen MR) is 115 cm³/mol. The number of benzene rings is 1. The van der Waals surface area contributed by atoms with E-state index in [4.69, 9.17) is 15.2 Å². The molecular formula is C22H26N2O5S.